The average molecular weight is 173 g/mol. The van der Waals surface area contributed by atoms with Crippen LogP contribution in [0.1, 0.15) is 11.7 Å². The summed E-state index contributed by atoms with van der Waals surface area (Å²) in [5.41, 5.74) is 0.606. The van der Waals surface area contributed by atoms with E-state index in [1.54, 1.807) is 24.3 Å². The zero-order valence-electron chi connectivity index (χ0n) is 6.60. The number of rotatable bonds is 3. The Hall–Kier alpha value is -2.02. The minimum atomic E-state index is -0.840. The Labute approximate surface area is 74.6 Å². The topological polar surface area (TPSA) is 58.9 Å². The monoisotopic (exact) mass is 173 g/mol. The van der Waals surface area contributed by atoms with Gasteiger partial charge in [0.2, 0.25) is 12.2 Å². The highest BCUT2D eigenvalue weighted by Crippen LogP contribution is 2.16. The molecule has 63 valence electrons. The molecule has 0 aliphatic carbocycles. The Kier molecular flexibility index (Phi) is 3.33. The first-order chi connectivity index (χ1) is 6.38. The first-order valence-electron chi connectivity index (χ1n) is 3.48. The molecule has 4 nitrogen and oxygen atoms in total. The summed E-state index contributed by atoms with van der Waals surface area (Å²) < 4.78 is 0. The van der Waals surface area contributed by atoms with Crippen LogP contribution in [0, 0.1) is 6.07 Å². The van der Waals surface area contributed by atoms with E-state index in [0.717, 1.165) is 0 Å². The minimum Gasteiger partial charge on any atom is -0.211 e. The van der Waals surface area contributed by atoms with Crippen LogP contribution in [0.3, 0.4) is 0 Å². The normalized spacial score (nSPS) is 10.8. The quantitative estimate of drug-likeness (QED) is 0.508. The Bertz CT molecular complexity index is 344. The fourth-order valence-corrected chi connectivity index (χ4v) is 0.846. The van der Waals surface area contributed by atoms with E-state index in [1.807, 2.05) is 0 Å². The molecule has 13 heavy (non-hydrogen) atoms. The summed E-state index contributed by atoms with van der Waals surface area (Å²) in [6, 6.07) is 9.45. The summed E-state index contributed by atoms with van der Waals surface area (Å²) in [4.78, 5) is 26.6. The third-order valence-electron chi connectivity index (χ3n) is 1.38. The lowest BCUT2D eigenvalue weighted by atomic mass is 10.2. The summed E-state index contributed by atoms with van der Waals surface area (Å²) in [5, 5.41) is 0. The second-order valence-corrected chi connectivity index (χ2v) is 2.15. The molecule has 0 heterocycles. The van der Waals surface area contributed by atoms with Crippen molar-refractivity contribution in [2.45, 2.75) is 6.17 Å². The van der Waals surface area contributed by atoms with Crippen molar-refractivity contribution >= 4 is 12.2 Å². The number of aliphatic imine (C=N–C) groups is 2. The molecule has 0 fully saturated rings. The van der Waals surface area contributed by atoms with Crippen molar-refractivity contribution in [3.05, 3.63) is 35.9 Å². The first-order valence-corrected chi connectivity index (χ1v) is 3.48. The Morgan fingerprint density at radius 2 is 2.00 bits per heavy atom. The molecule has 0 unspecified atom stereocenters. The van der Waals surface area contributed by atoms with Gasteiger partial charge in [-0.05, 0) is 12.1 Å². The fraction of sp³-hybridized carbons (Fsp3) is 0.111. The van der Waals surface area contributed by atoms with Gasteiger partial charge in [0.05, 0.1) is 0 Å². The van der Waals surface area contributed by atoms with Gasteiger partial charge in [-0.25, -0.2) is 9.59 Å². The number of hydrogen-bond donors (Lipinski definition) is 0. The molecule has 0 saturated heterocycles. The fourth-order valence-electron chi connectivity index (χ4n) is 0.846. The third kappa shape index (κ3) is 2.49. The first kappa shape index (κ1) is 9.07. The van der Waals surface area contributed by atoms with E-state index >= 15 is 0 Å². The van der Waals surface area contributed by atoms with Gasteiger partial charge in [0.25, 0.3) is 0 Å². The zero-order chi connectivity index (χ0) is 9.52. The predicted molar refractivity (Wildman–Crippen MR) is 44.3 cm³/mol. The minimum absolute atomic E-state index is 0.606. The number of hydrogen-bond acceptors (Lipinski definition) is 4. The van der Waals surface area contributed by atoms with Crippen LogP contribution >= 0.6 is 0 Å². The van der Waals surface area contributed by atoms with Crippen LogP contribution in [-0.2, 0) is 9.59 Å². The summed E-state index contributed by atoms with van der Waals surface area (Å²) in [6.07, 6.45) is 1.84. The van der Waals surface area contributed by atoms with Gasteiger partial charge in [-0.15, -0.1) is 0 Å². The Morgan fingerprint density at radius 1 is 1.31 bits per heavy atom. The van der Waals surface area contributed by atoms with Crippen molar-refractivity contribution in [1.82, 2.24) is 0 Å². The molecule has 0 amide bonds. The molecule has 1 aromatic carbocycles. The maximum Gasteiger partial charge on any atom is 0.237 e. The SMILES string of the molecule is O=C=NC(N=C=O)c1c[c]ccc1. The molecule has 0 N–H and O–H groups in total. The summed E-state index contributed by atoms with van der Waals surface area (Å²) >= 11 is 0. The van der Waals surface area contributed by atoms with Crippen LogP contribution in [0.25, 0.3) is 0 Å². The molecular weight excluding hydrogens is 168 g/mol. The molecule has 1 aromatic rings. The van der Waals surface area contributed by atoms with E-state index in [4.69, 9.17) is 0 Å². The van der Waals surface area contributed by atoms with Crippen LogP contribution in [0.4, 0.5) is 0 Å². The van der Waals surface area contributed by atoms with Crippen LogP contribution in [0.5, 0.6) is 0 Å². The van der Waals surface area contributed by atoms with Crippen molar-refractivity contribution < 1.29 is 9.59 Å². The van der Waals surface area contributed by atoms with Gasteiger partial charge in [-0.3, -0.25) is 0 Å². The Balaban J connectivity index is 3.01. The molecule has 0 atom stereocenters. The van der Waals surface area contributed by atoms with Crippen LogP contribution in [-0.4, -0.2) is 12.2 Å². The standard InChI is InChI=1S/C9H5N2O2/c12-6-10-9(11-7-13)8-4-2-1-3-5-8/h1-2,4-5,9H. The number of carbonyl (C=O) groups excluding carboxylic acids is 2. The largest absolute Gasteiger partial charge is 0.237 e. The van der Waals surface area contributed by atoms with Gasteiger partial charge in [-0.2, -0.15) is 9.98 Å². The molecule has 4 heteroatoms. The van der Waals surface area contributed by atoms with Crippen molar-refractivity contribution in [2.75, 3.05) is 0 Å². The highest BCUT2D eigenvalue weighted by atomic mass is 16.1. The zero-order valence-corrected chi connectivity index (χ0v) is 6.60. The van der Waals surface area contributed by atoms with Gasteiger partial charge < -0.3 is 0 Å². The van der Waals surface area contributed by atoms with Crippen molar-refractivity contribution in [2.24, 2.45) is 9.98 Å². The van der Waals surface area contributed by atoms with E-state index < -0.39 is 6.17 Å². The lowest BCUT2D eigenvalue weighted by molar-refractivity contribution is 0.552. The molecule has 0 aliphatic rings. The summed E-state index contributed by atoms with van der Waals surface area (Å²) in [5.74, 6) is 0. The van der Waals surface area contributed by atoms with Crippen molar-refractivity contribution in [3.63, 3.8) is 0 Å². The highest BCUT2D eigenvalue weighted by molar-refractivity contribution is 5.39. The van der Waals surface area contributed by atoms with Crippen LogP contribution in [0.15, 0.2) is 34.3 Å². The van der Waals surface area contributed by atoms with Gasteiger partial charge in [0, 0.05) is 5.56 Å². The van der Waals surface area contributed by atoms with E-state index in [9.17, 15) is 9.59 Å². The molecule has 0 bridgehead atoms. The second kappa shape index (κ2) is 4.78. The van der Waals surface area contributed by atoms with Crippen molar-refractivity contribution in [3.8, 4) is 0 Å². The van der Waals surface area contributed by atoms with E-state index in [1.165, 1.54) is 12.2 Å². The van der Waals surface area contributed by atoms with Gasteiger partial charge >= 0.3 is 0 Å². The molecule has 0 saturated carbocycles. The second-order valence-electron chi connectivity index (χ2n) is 2.15. The van der Waals surface area contributed by atoms with Crippen LogP contribution in [0.2, 0.25) is 0 Å². The van der Waals surface area contributed by atoms with E-state index in [0.29, 0.717) is 5.56 Å². The molecule has 1 radical (unpaired) electrons. The van der Waals surface area contributed by atoms with E-state index in [2.05, 4.69) is 16.1 Å². The molecular formula is C9H5N2O2. The molecule has 0 aliphatic heterocycles. The molecule has 0 spiro atoms. The Morgan fingerprint density at radius 3 is 2.46 bits per heavy atom. The number of nitrogens with zero attached hydrogens (tertiary/aromatic N) is 2. The lowest BCUT2D eigenvalue weighted by Gasteiger charge is -2.00. The summed E-state index contributed by atoms with van der Waals surface area (Å²) in [7, 11) is 0. The van der Waals surface area contributed by atoms with Crippen molar-refractivity contribution in [1.29, 1.82) is 0 Å². The predicted octanol–water partition coefficient (Wildman–Crippen LogP) is 1.16. The van der Waals surface area contributed by atoms with Gasteiger partial charge in [0.1, 0.15) is 0 Å². The number of isocyanates is 2. The maximum atomic E-state index is 9.97. The summed E-state index contributed by atoms with van der Waals surface area (Å²) in [6.45, 7) is 0. The average Bonchev–Trinajstić information content (AvgIpc) is 2.19. The highest BCUT2D eigenvalue weighted by Gasteiger charge is 2.05. The lowest BCUT2D eigenvalue weighted by Crippen LogP contribution is -1.90. The smallest absolute Gasteiger partial charge is 0.211 e. The van der Waals surface area contributed by atoms with Crippen LogP contribution < -0.4 is 0 Å². The maximum absolute atomic E-state index is 9.97. The third-order valence-corrected chi connectivity index (χ3v) is 1.38. The molecule has 0 aromatic heterocycles. The van der Waals surface area contributed by atoms with E-state index in [-0.39, 0.29) is 0 Å². The van der Waals surface area contributed by atoms with Gasteiger partial charge in [0.15, 0.2) is 6.17 Å². The van der Waals surface area contributed by atoms with Gasteiger partial charge in [-0.1, -0.05) is 18.2 Å². The number of benzene rings is 1. The molecule has 1 rings (SSSR count).